The fourth-order valence-corrected chi connectivity index (χ4v) is 2.84. The highest BCUT2D eigenvalue weighted by Gasteiger charge is 2.20. The maximum atomic E-state index is 12.4. The zero-order valence-corrected chi connectivity index (χ0v) is 15.2. The minimum absolute atomic E-state index is 0.171. The van der Waals surface area contributed by atoms with Crippen LogP contribution in [0.15, 0.2) is 54.6 Å². The molecule has 0 aliphatic heterocycles. The van der Waals surface area contributed by atoms with E-state index >= 15 is 0 Å². The van der Waals surface area contributed by atoms with Crippen molar-refractivity contribution in [1.82, 2.24) is 15.3 Å². The lowest BCUT2D eigenvalue weighted by molar-refractivity contribution is -0.117. The number of carbonyl (C=O) groups excluding carboxylic acids is 1. The Morgan fingerprint density at radius 2 is 1.88 bits per heavy atom. The highest BCUT2D eigenvalue weighted by atomic mass is 16.5. The van der Waals surface area contributed by atoms with Crippen molar-refractivity contribution in [2.45, 2.75) is 19.9 Å². The van der Waals surface area contributed by atoms with E-state index in [1.807, 2.05) is 48.5 Å². The van der Waals surface area contributed by atoms with Crippen LogP contribution in [0.4, 0.5) is 0 Å². The number of para-hydroxylation sites is 3. The first-order valence-electron chi connectivity index (χ1n) is 8.64. The summed E-state index contributed by atoms with van der Waals surface area (Å²) in [6.45, 7) is 4.12. The van der Waals surface area contributed by atoms with Crippen LogP contribution in [0.1, 0.15) is 31.3 Å². The largest absolute Gasteiger partial charge is 0.496 e. The van der Waals surface area contributed by atoms with Crippen LogP contribution in [-0.4, -0.2) is 23.0 Å². The molecule has 0 radical (unpaired) electrons. The number of carbonyl (C=O) groups is 1. The summed E-state index contributed by atoms with van der Waals surface area (Å²) < 4.78 is 5.30. The zero-order chi connectivity index (χ0) is 18.5. The van der Waals surface area contributed by atoms with E-state index in [1.165, 1.54) is 6.08 Å². The second-order valence-electron chi connectivity index (χ2n) is 6.44. The van der Waals surface area contributed by atoms with Crippen LogP contribution in [0, 0.1) is 5.92 Å². The number of methoxy groups -OCH3 is 1. The molecule has 0 saturated heterocycles. The van der Waals surface area contributed by atoms with E-state index in [1.54, 1.807) is 13.2 Å². The molecule has 2 aromatic carbocycles. The van der Waals surface area contributed by atoms with Crippen molar-refractivity contribution in [2.75, 3.05) is 7.11 Å². The van der Waals surface area contributed by atoms with Crippen LogP contribution in [0.5, 0.6) is 5.75 Å². The third-order valence-corrected chi connectivity index (χ3v) is 4.22. The van der Waals surface area contributed by atoms with Crippen LogP contribution in [0.25, 0.3) is 17.1 Å². The van der Waals surface area contributed by atoms with Crippen molar-refractivity contribution in [3.05, 3.63) is 66.0 Å². The Bertz CT molecular complexity index is 895. The summed E-state index contributed by atoms with van der Waals surface area (Å²) in [5.41, 5.74) is 2.72. The van der Waals surface area contributed by atoms with Gasteiger partial charge in [0.15, 0.2) is 0 Å². The van der Waals surface area contributed by atoms with Gasteiger partial charge in [-0.3, -0.25) is 4.79 Å². The van der Waals surface area contributed by atoms with E-state index in [4.69, 9.17) is 4.74 Å². The van der Waals surface area contributed by atoms with Gasteiger partial charge in [-0.2, -0.15) is 0 Å². The smallest absolute Gasteiger partial charge is 0.244 e. The molecule has 0 aliphatic carbocycles. The second-order valence-corrected chi connectivity index (χ2v) is 6.44. The minimum Gasteiger partial charge on any atom is -0.496 e. The number of nitrogens with zero attached hydrogens (tertiary/aromatic N) is 1. The molecule has 0 spiro atoms. The molecule has 1 heterocycles. The van der Waals surface area contributed by atoms with Gasteiger partial charge in [0.25, 0.3) is 0 Å². The van der Waals surface area contributed by atoms with E-state index < -0.39 is 0 Å². The number of amides is 1. The average molecular weight is 349 g/mol. The number of aromatic amines is 1. The van der Waals surface area contributed by atoms with E-state index in [0.29, 0.717) is 0 Å². The molecule has 26 heavy (non-hydrogen) atoms. The summed E-state index contributed by atoms with van der Waals surface area (Å²) in [5.74, 6) is 1.52. The predicted molar refractivity (Wildman–Crippen MR) is 104 cm³/mol. The highest BCUT2D eigenvalue weighted by Crippen LogP contribution is 2.22. The molecule has 1 aromatic heterocycles. The van der Waals surface area contributed by atoms with Gasteiger partial charge < -0.3 is 15.0 Å². The van der Waals surface area contributed by atoms with Gasteiger partial charge in [0.2, 0.25) is 5.91 Å². The second kappa shape index (κ2) is 7.87. The summed E-state index contributed by atoms with van der Waals surface area (Å²) in [7, 11) is 1.61. The first kappa shape index (κ1) is 17.7. The van der Waals surface area contributed by atoms with Gasteiger partial charge in [0.1, 0.15) is 11.6 Å². The highest BCUT2D eigenvalue weighted by molar-refractivity contribution is 5.92. The third kappa shape index (κ3) is 3.94. The number of hydrogen-bond donors (Lipinski definition) is 2. The monoisotopic (exact) mass is 349 g/mol. The summed E-state index contributed by atoms with van der Waals surface area (Å²) in [6.07, 6.45) is 3.28. The number of hydrogen-bond acceptors (Lipinski definition) is 3. The first-order chi connectivity index (χ1) is 12.6. The number of imidazole rings is 1. The number of H-pyrrole nitrogens is 1. The Labute approximate surface area is 153 Å². The van der Waals surface area contributed by atoms with E-state index in [0.717, 1.165) is 28.2 Å². The maximum absolute atomic E-state index is 12.4. The third-order valence-electron chi connectivity index (χ3n) is 4.22. The molecule has 134 valence electrons. The molecule has 1 amide bonds. The van der Waals surface area contributed by atoms with Crippen LogP contribution in [-0.2, 0) is 4.79 Å². The van der Waals surface area contributed by atoms with Gasteiger partial charge in [-0.1, -0.05) is 44.2 Å². The lowest BCUT2D eigenvalue weighted by Crippen LogP contribution is -2.31. The van der Waals surface area contributed by atoms with Gasteiger partial charge >= 0.3 is 0 Å². The molecule has 0 fully saturated rings. The van der Waals surface area contributed by atoms with Crippen LogP contribution >= 0.6 is 0 Å². The molecular weight excluding hydrogens is 326 g/mol. The lowest BCUT2D eigenvalue weighted by Gasteiger charge is -2.19. The number of aromatic nitrogens is 2. The van der Waals surface area contributed by atoms with Gasteiger partial charge in [0, 0.05) is 11.6 Å². The van der Waals surface area contributed by atoms with Crippen molar-refractivity contribution in [3.8, 4) is 5.75 Å². The predicted octanol–water partition coefficient (Wildman–Crippen LogP) is 4.10. The Kier molecular flexibility index (Phi) is 5.37. The summed E-state index contributed by atoms with van der Waals surface area (Å²) in [6, 6.07) is 15.2. The van der Waals surface area contributed by atoms with Crippen LogP contribution in [0.2, 0.25) is 0 Å². The molecular formula is C21H23N3O2. The normalized spacial score (nSPS) is 12.6. The Morgan fingerprint density at radius 1 is 1.15 bits per heavy atom. The van der Waals surface area contributed by atoms with Gasteiger partial charge in [0.05, 0.1) is 24.2 Å². The van der Waals surface area contributed by atoms with Gasteiger partial charge in [-0.25, -0.2) is 4.98 Å². The number of benzene rings is 2. The summed E-state index contributed by atoms with van der Waals surface area (Å²) in [4.78, 5) is 20.4. The molecule has 5 heteroatoms. The van der Waals surface area contributed by atoms with Crippen molar-refractivity contribution < 1.29 is 9.53 Å². The standard InChI is InChI=1S/C21H23N3O2/c1-14(2)20(21-22-16-9-5-6-10-17(16)23-21)24-19(25)13-12-15-8-4-7-11-18(15)26-3/h4-14,20H,1-3H3,(H,22,23)(H,24,25)/b13-12+. The van der Waals surface area contributed by atoms with Crippen molar-refractivity contribution in [2.24, 2.45) is 5.92 Å². The van der Waals surface area contributed by atoms with E-state index in [-0.39, 0.29) is 17.9 Å². The molecule has 2 N–H and O–H groups in total. The van der Waals surface area contributed by atoms with Crippen LogP contribution < -0.4 is 10.1 Å². The quantitative estimate of drug-likeness (QED) is 0.659. The first-order valence-corrected chi connectivity index (χ1v) is 8.64. The van der Waals surface area contributed by atoms with Crippen LogP contribution in [0.3, 0.4) is 0 Å². The Balaban J connectivity index is 1.77. The Morgan fingerprint density at radius 3 is 2.62 bits per heavy atom. The molecule has 3 rings (SSSR count). The van der Waals surface area contributed by atoms with Crippen molar-refractivity contribution in [1.29, 1.82) is 0 Å². The topological polar surface area (TPSA) is 67.0 Å². The van der Waals surface area contributed by atoms with E-state index in [2.05, 4.69) is 29.1 Å². The van der Waals surface area contributed by atoms with Gasteiger partial charge in [-0.15, -0.1) is 0 Å². The molecule has 0 aliphatic rings. The number of rotatable bonds is 6. The summed E-state index contributed by atoms with van der Waals surface area (Å²) >= 11 is 0. The molecule has 0 bridgehead atoms. The molecule has 1 atom stereocenters. The van der Waals surface area contributed by atoms with Crippen molar-refractivity contribution >= 4 is 23.0 Å². The fraction of sp³-hybridized carbons (Fsp3) is 0.238. The zero-order valence-electron chi connectivity index (χ0n) is 15.2. The number of fused-ring (bicyclic) bond motifs is 1. The number of ether oxygens (including phenoxy) is 1. The average Bonchev–Trinajstić information content (AvgIpc) is 3.08. The number of nitrogens with one attached hydrogen (secondary N) is 2. The molecule has 5 nitrogen and oxygen atoms in total. The van der Waals surface area contributed by atoms with E-state index in [9.17, 15) is 4.79 Å². The maximum Gasteiger partial charge on any atom is 0.244 e. The Hall–Kier alpha value is -3.08. The summed E-state index contributed by atoms with van der Waals surface area (Å²) in [5, 5.41) is 3.04. The fourth-order valence-electron chi connectivity index (χ4n) is 2.84. The molecule has 3 aromatic rings. The minimum atomic E-state index is -0.197. The van der Waals surface area contributed by atoms with Gasteiger partial charge in [-0.05, 0) is 30.2 Å². The van der Waals surface area contributed by atoms with Crippen molar-refractivity contribution in [3.63, 3.8) is 0 Å². The SMILES string of the molecule is COc1ccccc1/C=C/C(=O)NC(c1nc2ccccc2[nH]1)C(C)C. The lowest BCUT2D eigenvalue weighted by atomic mass is 10.0. The molecule has 1 unspecified atom stereocenters. The molecule has 0 saturated carbocycles.